The molecule has 0 aliphatic rings. The fraction of sp³-hybridized carbons (Fsp3) is 0.364. The molecule has 0 unspecified atom stereocenters. The highest BCUT2D eigenvalue weighted by Crippen LogP contribution is 2.03. The molecule has 0 bridgehead atoms. The lowest BCUT2D eigenvalue weighted by molar-refractivity contribution is -0.122. The first-order chi connectivity index (χ1) is 8.63. The van der Waals surface area contributed by atoms with Crippen molar-refractivity contribution < 1.29 is 14.3 Å². The average Bonchev–Trinajstić information content (AvgIpc) is 2.38. The molecular weight excluding hydrogens is 236 g/mol. The van der Waals surface area contributed by atoms with E-state index in [9.17, 15) is 9.59 Å². The molecule has 18 heavy (non-hydrogen) atoms. The molecule has 4 N–H and O–H groups in total. The Kier molecular flexibility index (Phi) is 5.59. The minimum Gasteiger partial charge on any atom is -0.373 e. The van der Waals surface area contributed by atoms with E-state index in [1.807, 2.05) is 0 Å². The van der Waals surface area contributed by atoms with Gasteiger partial charge in [0.05, 0.1) is 12.2 Å². The lowest BCUT2D eigenvalue weighted by Gasteiger charge is -2.05. The number of hydrogen-bond acceptors (Lipinski definition) is 5. The van der Waals surface area contributed by atoms with Crippen LogP contribution in [0.1, 0.15) is 10.4 Å². The van der Waals surface area contributed by atoms with Crippen molar-refractivity contribution in [2.24, 2.45) is 5.73 Å². The Morgan fingerprint density at radius 1 is 1.44 bits per heavy atom. The van der Waals surface area contributed by atoms with E-state index >= 15 is 0 Å². The molecule has 0 fully saturated rings. The van der Waals surface area contributed by atoms with Gasteiger partial charge in [0.2, 0.25) is 5.91 Å². The van der Waals surface area contributed by atoms with Crippen LogP contribution >= 0.6 is 0 Å². The molecular formula is C11H16N4O3. The molecule has 1 rings (SSSR count). The second-order valence-corrected chi connectivity index (χ2v) is 3.46. The van der Waals surface area contributed by atoms with Crippen LogP contribution in [0.15, 0.2) is 18.3 Å². The van der Waals surface area contributed by atoms with Crippen LogP contribution in [0, 0.1) is 0 Å². The summed E-state index contributed by atoms with van der Waals surface area (Å²) in [5.74, 6) is -0.0858. The molecule has 98 valence electrons. The van der Waals surface area contributed by atoms with Crippen molar-refractivity contribution in [1.29, 1.82) is 0 Å². The number of carbonyl (C=O) groups is 2. The van der Waals surface area contributed by atoms with Gasteiger partial charge in [-0.05, 0) is 12.1 Å². The second-order valence-electron chi connectivity index (χ2n) is 3.46. The molecule has 1 aromatic heterocycles. The van der Waals surface area contributed by atoms with Gasteiger partial charge in [0.25, 0.3) is 5.91 Å². The third-order valence-corrected chi connectivity index (χ3v) is 2.06. The van der Waals surface area contributed by atoms with Gasteiger partial charge in [-0.3, -0.25) is 9.59 Å². The highest BCUT2D eigenvalue weighted by molar-refractivity contribution is 5.94. The number of nitrogens with two attached hydrogens (primary N) is 1. The predicted octanol–water partition coefficient (Wildman–Crippen LogP) is -0.645. The van der Waals surface area contributed by atoms with Crippen LogP contribution in [0.5, 0.6) is 0 Å². The number of ether oxygens (including phenoxy) is 1. The zero-order chi connectivity index (χ0) is 13.4. The first kappa shape index (κ1) is 13.9. The zero-order valence-electron chi connectivity index (χ0n) is 10.1. The summed E-state index contributed by atoms with van der Waals surface area (Å²) < 4.78 is 4.90. The molecule has 0 saturated carbocycles. The Hall–Kier alpha value is -2.15. The molecule has 7 heteroatoms. The third-order valence-electron chi connectivity index (χ3n) is 2.06. The molecule has 0 spiro atoms. The Labute approximate surface area is 105 Å². The van der Waals surface area contributed by atoms with Gasteiger partial charge in [0.15, 0.2) is 0 Å². The summed E-state index contributed by atoms with van der Waals surface area (Å²) in [6.45, 7) is 0.394. The number of nitrogens with zero attached hydrogens (tertiary/aromatic N) is 1. The fourth-order valence-electron chi connectivity index (χ4n) is 1.19. The van der Waals surface area contributed by atoms with Gasteiger partial charge in [-0.25, -0.2) is 4.98 Å². The summed E-state index contributed by atoms with van der Waals surface area (Å²) in [6, 6.07) is 3.37. The van der Waals surface area contributed by atoms with Gasteiger partial charge in [-0.2, -0.15) is 0 Å². The smallest absolute Gasteiger partial charge is 0.252 e. The van der Waals surface area contributed by atoms with Crippen molar-refractivity contribution >= 4 is 17.6 Å². The number of nitrogens with one attached hydrogen (secondary N) is 2. The summed E-state index contributed by atoms with van der Waals surface area (Å²) in [4.78, 5) is 26.0. The minimum atomic E-state index is -0.534. The molecule has 0 saturated heterocycles. The minimum absolute atomic E-state index is 0.145. The van der Waals surface area contributed by atoms with E-state index in [1.165, 1.54) is 6.20 Å². The van der Waals surface area contributed by atoms with Crippen molar-refractivity contribution in [1.82, 2.24) is 10.3 Å². The van der Waals surface area contributed by atoms with Crippen LogP contribution in [0.3, 0.4) is 0 Å². The Morgan fingerprint density at radius 2 is 2.22 bits per heavy atom. The largest absolute Gasteiger partial charge is 0.373 e. The third kappa shape index (κ3) is 4.79. The number of carbonyl (C=O) groups excluding carboxylic acids is 2. The van der Waals surface area contributed by atoms with E-state index in [0.717, 1.165) is 0 Å². The topological polar surface area (TPSA) is 106 Å². The summed E-state index contributed by atoms with van der Waals surface area (Å²) in [6.07, 6.45) is 1.48. The van der Waals surface area contributed by atoms with Gasteiger partial charge in [-0.1, -0.05) is 0 Å². The lowest BCUT2D eigenvalue weighted by atomic mass is 10.2. The van der Waals surface area contributed by atoms with Crippen LogP contribution in [0.25, 0.3) is 0 Å². The molecule has 0 aliphatic carbocycles. The van der Waals surface area contributed by atoms with Gasteiger partial charge >= 0.3 is 0 Å². The normalized spacial score (nSPS) is 9.83. The Balaban J connectivity index is 2.29. The number of anilines is 1. The maximum Gasteiger partial charge on any atom is 0.252 e. The van der Waals surface area contributed by atoms with Gasteiger partial charge in [0.1, 0.15) is 12.4 Å². The van der Waals surface area contributed by atoms with E-state index < -0.39 is 5.91 Å². The number of aromatic nitrogens is 1. The predicted molar refractivity (Wildman–Crippen MR) is 66.1 cm³/mol. The monoisotopic (exact) mass is 252 g/mol. The second kappa shape index (κ2) is 7.23. The first-order valence-corrected chi connectivity index (χ1v) is 5.41. The van der Waals surface area contributed by atoms with E-state index in [1.54, 1.807) is 19.2 Å². The maximum absolute atomic E-state index is 11.6. The number of amides is 2. The van der Waals surface area contributed by atoms with E-state index in [0.29, 0.717) is 17.9 Å². The van der Waals surface area contributed by atoms with Gasteiger partial charge in [-0.15, -0.1) is 0 Å². The van der Waals surface area contributed by atoms with Crippen LogP contribution in [0.4, 0.5) is 5.82 Å². The average molecular weight is 252 g/mol. The first-order valence-electron chi connectivity index (χ1n) is 5.41. The molecule has 0 radical (unpaired) electrons. The number of pyridine rings is 1. The molecule has 2 amide bonds. The molecule has 0 aliphatic heterocycles. The van der Waals surface area contributed by atoms with Crippen molar-refractivity contribution in [3.05, 3.63) is 23.9 Å². The molecule has 7 nitrogen and oxygen atoms in total. The maximum atomic E-state index is 11.6. The summed E-state index contributed by atoms with van der Waals surface area (Å²) in [5, 5.41) is 5.49. The number of primary amides is 1. The van der Waals surface area contributed by atoms with Crippen LogP contribution in [-0.4, -0.2) is 43.6 Å². The molecule has 1 heterocycles. The molecule has 1 aromatic rings. The van der Waals surface area contributed by atoms with E-state index in [-0.39, 0.29) is 19.1 Å². The van der Waals surface area contributed by atoms with Crippen molar-refractivity contribution in [3.63, 3.8) is 0 Å². The van der Waals surface area contributed by atoms with Crippen LogP contribution in [0.2, 0.25) is 0 Å². The lowest BCUT2D eigenvalue weighted by Crippen LogP contribution is -2.28. The Bertz CT molecular complexity index is 405. The van der Waals surface area contributed by atoms with E-state index in [4.69, 9.17) is 10.5 Å². The van der Waals surface area contributed by atoms with Gasteiger partial charge in [0, 0.05) is 19.8 Å². The van der Waals surface area contributed by atoms with E-state index in [2.05, 4.69) is 15.6 Å². The van der Waals surface area contributed by atoms with Crippen LogP contribution in [-0.2, 0) is 9.53 Å². The number of rotatable bonds is 7. The van der Waals surface area contributed by atoms with Crippen molar-refractivity contribution in [2.75, 3.05) is 32.1 Å². The summed E-state index contributed by atoms with van der Waals surface area (Å²) in [7, 11) is 1.75. The highest BCUT2D eigenvalue weighted by Gasteiger charge is 2.05. The van der Waals surface area contributed by atoms with Crippen molar-refractivity contribution in [3.8, 4) is 0 Å². The standard InChI is InChI=1S/C11H16N4O3/c1-13-10-3-2-8(6-15-10)11(17)14-4-5-18-7-9(12)16/h2-3,6H,4-5,7H2,1H3,(H2,12,16)(H,13,15)(H,14,17). The summed E-state index contributed by atoms with van der Waals surface area (Å²) in [5.41, 5.74) is 5.35. The van der Waals surface area contributed by atoms with Crippen LogP contribution < -0.4 is 16.4 Å². The SMILES string of the molecule is CNc1ccc(C(=O)NCCOCC(N)=O)cn1. The molecule has 0 aromatic carbocycles. The van der Waals surface area contributed by atoms with Gasteiger partial charge < -0.3 is 21.1 Å². The highest BCUT2D eigenvalue weighted by atomic mass is 16.5. The Morgan fingerprint density at radius 3 is 2.78 bits per heavy atom. The summed E-state index contributed by atoms with van der Waals surface area (Å²) >= 11 is 0. The quantitative estimate of drug-likeness (QED) is 0.559. The molecule has 0 atom stereocenters. The van der Waals surface area contributed by atoms with Crippen molar-refractivity contribution in [2.45, 2.75) is 0 Å². The zero-order valence-corrected chi connectivity index (χ0v) is 10.1. The number of hydrogen-bond donors (Lipinski definition) is 3. The fourth-order valence-corrected chi connectivity index (χ4v) is 1.19.